The summed E-state index contributed by atoms with van der Waals surface area (Å²) < 4.78 is 4.52. The molecule has 104 valence electrons. The van der Waals surface area contributed by atoms with Crippen molar-refractivity contribution in [2.75, 3.05) is 45.7 Å². The number of hydrogen-bond acceptors (Lipinski definition) is 4. The summed E-state index contributed by atoms with van der Waals surface area (Å²) >= 11 is 5.65. The molecule has 0 N–H and O–H groups in total. The van der Waals surface area contributed by atoms with Crippen LogP contribution in [0.1, 0.15) is 19.3 Å². The van der Waals surface area contributed by atoms with Crippen molar-refractivity contribution in [3.63, 3.8) is 0 Å². The highest BCUT2D eigenvalue weighted by atomic mass is 35.5. The van der Waals surface area contributed by atoms with E-state index in [0.29, 0.717) is 5.88 Å². The van der Waals surface area contributed by atoms with Crippen LogP contribution >= 0.6 is 11.6 Å². The van der Waals surface area contributed by atoms with Gasteiger partial charge < -0.3 is 9.64 Å². The summed E-state index contributed by atoms with van der Waals surface area (Å²) in [6.07, 6.45) is 1.40. The zero-order chi connectivity index (χ0) is 13.4. The fourth-order valence-electron chi connectivity index (χ4n) is 1.97. The van der Waals surface area contributed by atoms with Gasteiger partial charge in [-0.05, 0) is 13.0 Å². The molecule has 1 fully saturated rings. The monoisotopic (exact) mass is 276 g/mol. The Morgan fingerprint density at radius 1 is 1.17 bits per heavy atom. The van der Waals surface area contributed by atoms with E-state index in [4.69, 9.17) is 11.6 Å². The van der Waals surface area contributed by atoms with Crippen LogP contribution in [0.2, 0.25) is 0 Å². The van der Waals surface area contributed by atoms with Crippen LogP contribution in [0.4, 0.5) is 0 Å². The first-order valence-electron chi connectivity index (χ1n) is 6.30. The first-order chi connectivity index (χ1) is 8.67. The smallest absolute Gasteiger partial charge is 0.306 e. The second-order valence-corrected chi connectivity index (χ2v) is 4.72. The van der Waals surface area contributed by atoms with Gasteiger partial charge in [-0.15, -0.1) is 11.6 Å². The lowest BCUT2D eigenvalue weighted by atomic mass is 10.2. The van der Waals surface area contributed by atoms with Crippen molar-refractivity contribution in [2.24, 2.45) is 0 Å². The second kappa shape index (κ2) is 8.32. The van der Waals surface area contributed by atoms with E-state index in [-0.39, 0.29) is 24.7 Å². The largest absolute Gasteiger partial charge is 0.469 e. The summed E-state index contributed by atoms with van der Waals surface area (Å²) in [6, 6.07) is 0. The van der Waals surface area contributed by atoms with Crippen LogP contribution in [-0.2, 0) is 14.3 Å². The fraction of sp³-hybridized carbons (Fsp3) is 0.833. The van der Waals surface area contributed by atoms with E-state index in [2.05, 4.69) is 9.64 Å². The molecule has 0 aromatic heterocycles. The van der Waals surface area contributed by atoms with Gasteiger partial charge >= 0.3 is 5.97 Å². The van der Waals surface area contributed by atoms with Crippen LogP contribution in [0, 0.1) is 0 Å². The van der Waals surface area contributed by atoms with Gasteiger partial charge in [-0.3, -0.25) is 14.5 Å². The van der Waals surface area contributed by atoms with Gasteiger partial charge in [0.15, 0.2) is 0 Å². The van der Waals surface area contributed by atoms with Crippen LogP contribution in [0.15, 0.2) is 0 Å². The van der Waals surface area contributed by atoms with E-state index in [9.17, 15) is 9.59 Å². The first-order valence-corrected chi connectivity index (χ1v) is 6.83. The Balaban J connectivity index is 2.21. The highest BCUT2D eigenvalue weighted by molar-refractivity contribution is 6.17. The molecule has 0 bridgehead atoms. The standard InChI is InChI=1S/C12H21ClN2O3/c1-18-12(17)4-3-11(16)15-9-7-14(8-10-15)6-2-5-13/h2-10H2,1H3. The molecule has 0 radical (unpaired) electrons. The molecular formula is C12H21ClN2O3. The third kappa shape index (κ3) is 5.23. The minimum absolute atomic E-state index is 0.0393. The Bertz CT molecular complexity index is 278. The molecule has 1 aliphatic rings. The number of esters is 1. The molecule has 1 saturated heterocycles. The molecule has 1 heterocycles. The fourth-order valence-corrected chi connectivity index (χ4v) is 2.09. The van der Waals surface area contributed by atoms with Crippen LogP contribution in [0.3, 0.4) is 0 Å². The average molecular weight is 277 g/mol. The average Bonchev–Trinajstić information content (AvgIpc) is 2.42. The number of amides is 1. The van der Waals surface area contributed by atoms with E-state index in [0.717, 1.165) is 39.1 Å². The number of carbonyl (C=O) groups is 2. The Morgan fingerprint density at radius 2 is 1.83 bits per heavy atom. The number of methoxy groups -OCH3 is 1. The molecule has 1 rings (SSSR count). The number of rotatable bonds is 6. The molecule has 18 heavy (non-hydrogen) atoms. The molecular weight excluding hydrogens is 256 g/mol. The van der Waals surface area contributed by atoms with E-state index in [1.54, 1.807) is 0 Å². The zero-order valence-corrected chi connectivity index (χ0v) is 11.6. The molecule has 1 amide bonds. The normalized spacial score (nSPS) is 16.7. The molecule has 0 aromatic rings. The number of halogens is 1. The van der Waals surface area contributed by atoms with Gasteiger partial charge in [0, 0.05) is 38.5 Å². The summed E-state index contributed by atoms with van der Waals surface area (Å²) in [4.78, 5) is 26.9. The second-order valence-electron chi connectivity index (χ2n) is 4.34. The lowest BCUT2D eigenvalue weighted by Gasteiger charge is -2.34. The van der Waals surface area contributed by atoms with Gasteiger partial charge in [-0.25, -0.2) is 0 Å². The van der Waals surface area contributed by atoms with Crippen molar-refractivity contribution in [2.45, 2.75) is 19.3 Å². The quantitative estimate of drug-likeness (QED) is 0.530. The maximum atomic E-state index is 11.8. The lowest BCUT2D eigenvalue weighted by Crippen LogP contribution is -2.48. The molecule has 0 spiro atoms. The van der Waals surface area contributed by atoms with Crippen molar-refractivity contribution >= 4 is 23.5 Å². The molecule has 1 aliphatic heterocycles. The number of carbonyl (C=O) groups excluding carboxylic acids is 2. The van der Waals surface area contributed by atoms with Gasteiger partial charge in [0.05, 0.1) is 13.5 Å². The molecule has 0 atom stereocenters. The summed E-state index contributed by atoms with van der Waals surface area (Å²) in [7, 11) is 1.34. The minimum atomic E-state index is -0.330. The topological polar surface area (TPSA) is 49.9 Å². The van der Waals surface area contributed by atoms with Crippen LogP contribution in [0.5, 0.6) is 0 Å². The van der Waals surface area contributed by atoms with Gasteiger partial charge in [0.2, 0.25) is 5.91 Å². The lowest BCUT2D eigenvalue weighted by molar-refractivity contribution is -0.144. The molecule has 0 unspecified atom stereocenters. The predicted octanol–water partition coefficient (Wildman–Crippen LogP) is 0.713. The van der Waals surface area contributed by atoms with Crippen LogP contribution in [0.25, 0.3) is 0 Å². The number of alkyl halides is 1. The van der Waals surface area contributed by atoms with E-state index < -0.39 is 0 Å². The van der Waals surface area contributed by atoms with Crippen molar-refractivity contribution in [3.05, 3.63) is 0 Å². The maximum absolute atomic E-state index is 11.8. The van der Waals surface area contributed by atoms with Gasteiger partial charge in [0.1, 0.15) is 0 Å². The Kier molecular flexibility index (Phi) is 7.05. The number of ether oxygens (including phenoxy) is 1. The summed E-state index contributed by atoms with van der Waals surface area (Å²) in [5.74, 6) is 0.389. The molecule has 0 aromatic carbocycles. The zero-order valence-electron chi connectivity index (χ0n) is 10.9. The van der Waals surface area contributed by atoms with Crippen molar-refractivity contribution in [3.8, 4) is 0 Å². The van der Waals surface area contributed by atoms with Gasteiger partial charge in [-0.1, -0.05) is 0 Å². The van der Waals surface area contributed by atoms with E-state index in [1.807, 2.05) is 4.90 Å². The Morgan fingerprint density at radius 3 is 2.39 bits per heavy atom. The third-order valence-electron chi connectivity index (χ3n) is 3.10. The maximum Gasteiger partial charge on any atom is 0.306 e. The van der Waals surface area contributed by atoms with E-state index in [1.165, 1.54) is 7.11 Å². The molecule has 0 saturated carbocycles. The van der Waals surface area contributed by atoms with Gasteiger partial charge in [-0.2, -0.15) is 0 Å². The van der Waals surface area contributed by atoms with Crippen molar-refractivity contribution in [1.29, 1.82) is 0 Å². The highest BCUT2D eigenvalue weighted by Gasteiger charge is 2.21. The SMILES string of the molecule is COC(=O)CCC(=O)N1CCN(CCCCl)CC1. The Labute approximate surface area is 113 Å². The minimum Gasteiger partial charge on any atom is -0.469 e. The highest BCUT2D eigenvalue weighted by Crippen LogP contribution is 2.06. The van der Waals surface area contributed by atoms with Crippen molar-refractivity contribution < 1.29 is 14.3 Å². The number of piperazine rings is 1. The summed E-state index contributed by atoms with van der Waals surface area (Å²) in [5.41, 5.74) is 0. The summed E-state index contributed by atoms with van der Waals surface area (Å²) in [5, 5.41) is 0. The summed E-state index contributed by atoms with van der Waals surface area (Å²) in [6.45, 7) is 4.25. The predicted molar refractivity (Wildman–Crippen MR) is 69.6 cm³/mol. The van der Waals surface area contributed by atoms with Crippen LogP contribution in [-0.4, -0.2) is 67.4 Å². The van der Waals surface area contributed by atoms with Crippen molar-refractivity contribution in [1.82, 2.24) is 9.80 Å². The number of nitrogens with zero attached hydrogens (tertiary/aromatic N) is 2. The third-order valence-corrected chi connectivity index (χ3v) is 3.37. The molecule has 0 aliphatic carbocycles. The Hall–Kier alpha value is -0.810. The van der Waals surface area contributed by atoms with Gasteiger partial charge in [0.25, 0.3) is 0 Å². The number of hydrogen-bond donors (Lipinski definition) is 0. The van der Waals surface area contributed by atoms with E-state index >= 15 is 0 Å². The molecule has 6 heteroatoms. The first kappa shape index (κ1) is 15.2. The van der Waals surface area contributed by atoms with Crippen LogP contribution < -0.4 is 0 Å². The molecule has 5 nitrogen and oxygen atoms in total.